The first-order valence-electron chi connectivity index (χ1n) is 5.70. The maximum Gasteiger partial charge on any atom is 0.0991 e. The second-order valence-corrected chi connectivity index (χ2v) is 4.07. The average Bonchev–Trinajstić information content (AvgIpc) is 2.83. The Bertz CT molecular complexity index is 361. The molecule has 16 heavy (non-hydrogen) atoms. The largest absolute Gasteiger partial charge is 0.377 e. The van der Waals surface area contributed by atoms with Gasteiger partial charge in [-0.25, -0.2) is 0 Å². The standard InChI is InChI=1S/C13H16N2O/c14-8-11-3-5-12(6-4-11)9-15-10-13-2-1-7-16-13/h3-6,13,15H,1-2,7,9-10H2/t13-/m1/s1. The molecule has 0 spiro atoms. The Hall–Kier alpha value is -1.37. The molecule has 0 amide bonds. The van der Waals surface area contributed by atoms with Gasteiger partial charge in [-0.15, -0.1) is 0 Å². The van der Waals surface area contributed by atoms with Crippen LogP contribution in [0.3, 0.4) is 0 Å². The van der Waals surface area contributed by atoms with Crippen molar-refractivity contribution >= 4 is 0 Å². The Labute approximate surface area is 96.0 Å². The van der Waals surface area contributed by atoms with Crippen molar-refractivity contribution in [2.24, 2.45) is 0 Å². The van der Waals surface area contributed by atoms with Crippen LogP contribution < -0.4 is 5.32 Å². The summed E-state index contributed by atoms with van der Waals surface area (Å²) in [5.74, 6) is 0. The summed E-state index contributed by atoms with van der Waals surface area (Å²) in [6.07, 6.45) is 2.74. The number of ether oxygens (including phenoxy) is 1. The molecule has 1 fully saturated rings. The van der Waals surface area contributed by atoms with Gasteiger partial charge in [-0.1, -0.05) is 12.1 Å². The van der Waals surface area contributed by atoms with Crippen LogP contribution in [-0.4, -0.2) is 19.3 Å². The second kappa shape index (κ2) is 5.64. The summed E-state index contributed by atoms with van der Waals surface area (Å²) in [7, 11) is 0. The Kier molecular flexibility index (Phi) is 3.92. The first kappa shape index (κ1) is 11.1. The number of nitrogens with zero attached hydrogens (tertiary/aromatic N) is 1. The molecule has 1 saturated heterocycles. The fourth-order valence-electron chi connectivity index (χ4n) is 1.88. The van der Waals surface area contributed by atoms with Gasteiger partial charge in [-0.05, 0) is 30.5 Å². The predicted molar refractivity (Wildman–Crippen MR) is 61.8 cm³/mol. The molecular formula is C13H16N2O. The maximum absolute atomic E-state index is 8.67. The zero-order chi connectivity index (χ0) is 11.2. The van der Waals surface area contributed by atoms with Crippen molar-refractivity contribution in [3.05, 3.63) is 35.4 Å². The zero-order valence-corrected chi connectivity index (χ0v) is 9.28. The lowest BCUT2D eigenvalue weighted by atomic mass is 10.1. The molecular weight excluding hydrogens is 200 g/mol. The van der Waals surface area contributed by atoms with Crippen LogP contribution >= 0.6 is 0 Å². The molecule has 3 nitrogen and oxygen atoms in total. The van der Waals surface area contributed by atoms with E-state index < -0.39 is 0 Å². The van der Waals surface area contributed by atoms with E-state index in [-0.39, 0.29) is 0 Å². The van der Waals surface area contributed by atoms with Gasteiger partial charge in [-0.2, -0.15) is 5.26 Å². The highest BCUT2D eigenvalue weighted by molar-refractivity contribution is 5.31. The molecule has 0 saturated carbocycles. The summed E-state index contributed by atoms with van der Waals surface area (Å²) >= 11 is 0. The van der Waals surface area contributed by atoms with Crippen LogP contribution in [-0.2, 0) is 11.3 Å². The van der Waals surface area contributed by atoms with E-state index in [9.17, 15) is 0 Å². The van der Waals surface area contributed by atoms with Crippen LogP contribution in [0, 0.1) is 11.3 Å². The Balaban J connectivity index is 1.74. The van der Waals surface area contributed by atoms with Gasteiger partial charge in [0.2, 0.25) is 0 Å². The van der Waals surface area contributed by atoms with E-state index in [0.29, 0.717) is 11.7 Å². The lowest BCUT2D eigenvalue weighted by molar-refractivity contribution is 0.110. The van der Waals surface area contributed by atoms with Crippen LogP contribution in [0.2, 0.25) is 0 Å². The van der Waals surface area contributed by atoms with Crippen LogP contribution in [0.25, 0.3) is 0 Å². The minimum Gasteiger partial charge on any atom is -0.377 e. The molecule has 1 aromatic carbocycles. The molecule has 1 atom stereocenters. The predicted octanol–water partition coefficient (Wildman–Crippen LogP) is 1.83. The summed E-state index contributed by atoms with van der Waals surface area (Å²) in [5, 5.41) is 12.0. The first-order valence-corrected chi connectivity index (χ1v) is 5.70. The number of hydrogen-bond acceptors (Lipinski definition) is 3. The fraction of sp³-hybridized carbons (Fsp3) is 0.462. The highest BCUT2D eigenvalue weighted by Gasteiger charge is 2.14. The topological polar surface area (TPSA) is 45.0 Å². The lowest BCUT2D eigenvalue weighted by Crippen LogP contribution is -2.25. The van der Waals surface area contributed by atoms with E-state index >= 15 is 0 Å². The Morgan fingerprint density at radius 2 is 2.19 bits per heavy atom. The van der Waals surface area contributed by atoms with Crippen molar-refractivity contribution in [3.8, 4) is 6.07 Å². The Morgan fingerprint density at radius 3 is 2.81 bits per heavy atom. The third kappa shape index (κ3) is 3.06. The minimum absolute atomic E-state index is 0.387. The molecule has 1 heterocycles. The summed E-state index contributed by atoms with van der Waals surface area (Å²) < 4.78 is 5.52. The van der Waals surface area contributed by atoms with Gasteiger partial charge in [-0.3, -0.25) is 0 Å². The van der Waals surface area contributed by atoms with E-state index in [1.807, 2.05) is 24.3 Å². The molecule has 1 aromatic rings. The third-order valence-corrected chi connectivity index (χ3v) is 2.81. The molecule has 0 unspecified atom stereocenters. The van der Waals surface area contributed by atoms with E-state index in [0.717, 1.165) is 19.7 Å². The van der Waals surface area contributed by atoms with E-state index in [1.54, 1.807) is 0 Å². The summed E-state index contributed by atoms with van der Waals surface area (Å²) in [6, 6.07) is 9.79. The molecule has 0 bridgehead atoms. The molecule has 1 aliphatic rings. The monoisotopic (exact) mass is 216 g/mol. The number of hydrogen-bond donors (Lipinski definition) is 1. The maximum atomic E-state index is 8.67. The van der Waals surface area contributed by atoms with Gasteiger partial charge in [0, 0.05) is 19.7 Å². The summed E-state index contributed by atoms with van der Waals surface area (Å²) in [6.45, 7) is 2.66. The van der Waals surface area contributed by atoms with Gasteiger partial charge in [0.05, 0.1) is 17.7 Å². The molecule has 0 aliphatic carbocycles. The zero-order valence-electron chi connectivity index (χ0n) is 9.28. The minimum atomic E-state index is 0.387. The van der Waals surface area contributed by atoms with Crippen LogP contribution in [0.1, 0.15) is 24.0 Å². The third-order valence-electron chi connectivity index (χ3n) is 2.81. The van der Waals surface area contributed by atoms with E-state index in [2.05, 4.69) is 11.4 Å². The van der Waals surface area contributed by atoms with Crippen molar-refractivity contribution in [2.75, 3.05) is 13.2 Å². The van der Waals surface area contributed by atoms with Crippen molar-refractivity contribution in [2.45, 2.75) is 25.5 Å². The van der Waals surface area contributed by atoms with Crippen molar-refractivity contribution in [1.29, 1.82) is 5.26 Å². The molecule has 0 aromatic heterocycles. The van der Waals surface area contributed by atoms with Gasteiger partial charge in [0.15, 0.2) is 0 Å². The van der Waals surface area contributed by atoms with Crippen molar-refractivity contribution in [1.82, 2.24) is 5.32 Å². The average molecular weight is 216 g/mol. The van der Waals surface area contributed by atoms with Gasteiger partial charge >= 0.3 is 0 Å². The molecule has 0 radical (unpaired) electrons. The van der Waals surface area contributed by atoms with Crippen LogP contribution in [0.5, 0.6) is 0 Å². The van der Waals surface area contributed by atoms with Crippen molar-refractivity contribution < 1.29 is 4.74 Å². The van der Waals surface area contributed by atoms with Crippen molar-refractivity contribution in [3.63, 3.8) is 0 Å². The molecule has 3 heteroatoms. The summed E-state index contributed by atoms with van der Waals surface area (Å²) in [4.78, 5) is 0. The SMILES string of the molecule is N#Cc1ccc(CNC[C@H]2CCCO2)cc1. The summed E-state index contributed by atoms with van der Waals surface area (Å²) in [5.41, 5.74) is 1.92. The molecule has 1 N–H and O–H groups in total. The van der Waals surface area contributed by atoms with Gasteiger partial charge in [0.1, 0.15) is 0 Å². The van der Waals surface area contributed by atoms with Gasteiger partial charge < -0.3 is 10.1 Å². The number of nitrogens with one attached hydrogen (secondary N) is 1. The lowest BCUT2D eigenvalue weighted by Gasteiger charge is -2.10. The quantitative estimate of drug-likeness (QED) is 0.835. The van der Waals surface area contributed by atoms with Crippen LogP contribution in [0.4, 0.5) is 0 Å². The first-order chi connectivity index (χ1) is 7.88. The van der Waals surface area contributed by atoms with E-state index in [1.165, 1.54) is 18.4 Å². The number of benzene rings is 1. The number of nitriles is 1. The highest BCUT2D eigenvalue weighted by atomic mass is 16.5. The Morgan fingerprint density at radius 1 is 1.38 bits per heavy atom. The molecule has 1 aliphatic heterocycles. The second-order valence-electron chi connectivity index (χ2n) is 4.07. The van der Waals surface area contributed by atoms with Crippen LogP contribution in [0.15, 0.2) is 24.3 Å². The normalized spacial score (nSPS) is 19.6. The van der Waals surface area contributed by atoms with E-state index in [4.69, 9.17) is 10.00 Å². The smallest absolute Gasteiger partial charge is 0.0991 e. The molecule has 84 valence electrons. The molecule has 2 rings (SSSR count). The number of rotatable bonds is 4. The fourth-order valence-corrected chi connectivity index (χ4v) is 1.88. The highest BCUT2D eigenvalue weighted by Crippen LogP contribution is 2.11. The van der Waals surface area contributed by atoms with Gasteiger partial charge in [0.25, 0.3) is 0 Å².